The van der Waals surface area contributed by atoms with Crippen LogP contribution >= 0.6 is 0 Å². The number of methoxy groups -OCH3 is 1. The lowest BCUT2D eigenvalue weighted by molar-refractivity contribution is -0.139. The first-order chi connectivity index (χ1) is 10.2. The van der Waals surface area contributed by atoms with Gasteiger partial charge in [-0.2, -0.15) is 0 Å². The molecule has 2 N–H and O–H groups in total. The highest BCUT2D eigenvalue weighted by atomic mass is 16.5. The Kier molecular flexibility index (Phi) is 3.64. The number of carbonyl (C=O) groups excluding carboxylic acids is 2. The third-order valence-corrected chi connectivity index (χ3v) is 3.98. The van der Waals surface area contributed by atoms with Crippen LogP contribution in [0.1, 0.15) is 34.5 Å². The zero-order valence-electron chi connectivity index (χ0n) is 12.0. The van der Waals surface area contributed by atoms with Crippen LogP contribution in [0.3, 0.4) is 0 Å². The summed E-state index contributed by atoms with van der Waals surface area (Å²) in [4.78, 5) is 26.6. The first kappa shape index (κ1) is 13.7. The standard InChI is InChI=1S/C16H18N2O3/c1-21-15(19)9-17-16(20)10-6-7-14-12(8-10)11-4-2-3-5-13(11)18-14/h6-8,18H,2-5,9H2,1H3,(H,17,20). The van der Waals surface area contributed by atoms with Crippen molar-refractivity contribution in [3.8, 4) is 0 Å². The molecule has 0 radical (unpaired) electrons. The molecule has 0 unspecified atom stereocenters. The first-order valence-electron chi connectivity index (χ1n) is 7.17. The normalized spacial score (nSPS) is 13.8. The summed E-state index contributed by atoms with van der Waals surface area (Å²) >= 11 is 0. The lowest BCUT2D eigenvalue weighted by atomic mass is 9.95. The number of carbonyl (C=O) groups is 2. The molecule has 0 atom stereocenters. The van der Waals surface area contributed by atoms with Crippen molar-refractivity contribution in [2.45, 2.75) is 25.7 Å². The topological polar surface area (TPSA) is 71.2 Å². The lowest BCUT2D eigenvalue weighted by Crippen LogP contribution is -2.30. The highest BCUT2D eigenvalue weighted by Gasteiger charge is 2.17. The SMILES string of the molecule is COC(=O)CNC(=O)c1ccc2[nH]c3c(c2c1)CCCC3. The van der Waals surface area contributed by atoms with Gasteiger partial charge in [0.05, 0.1) is 7.11 Å². The predicted molar refractivity (Wildman–Crippen MR) is 79.3 cm³/mol. The molecule has 3 rings (SSSR count). The minimum atomic E-state index is -0.455. The van der Waals surface area contributed by atoms with Crippen LogP contribution in [0.4, 0.5) is 0 Å². The van der Waals surface area contributed by atoms with Gasteiger partial charge in [0.25, 0.3) is 5.91 Å². The van der Waals surface area contributed by atoms with Gasteiger partial charge in [0.15, 0.2) is 0 Å². The van der Waals surface area contributed by atoms with Gasteiger partial charge in [0.1, 0.15) is 6.54 Å². The van der Waals surface area contributed by atoms with E-state index in [-0.39, 0.29) is 12.5 Å². The second-order valence-corrected chi connectivity index (χ2v) is 5.31. The van der Waals surface area contributed by atoms with Crippen LogP contribution in [0.5, 0.6) is 0 Å². The molecular formula is C16H18N2O3. The number of fused-ring (bicyclic) bond motifs is 3. The van der Waals surface area contributed by atoms with Gasteiger partial charge < -0.3 is 15.0 Å². The van der Waals surface area contributed by atoms with E-state index in [1.807, 2.05) is 12.1 Å². The van der Waals surface area contributed by atoms with E-state index in [1.165, 1.54) is 31.2 Å². The van der Waals surface area contributed by atoms with Crippen molar-refractivity contribution in [3.63, 3.8) is 0 Å². The molecule has 1 aromatic carbocycles. The van der Waals surface area contributed by atoms with Crippen LogP contribution in [-0.4, -0.2) is 30.5 Å². The summed E-state index contributed by atoms with van der Waals surface area (Å²) in [7, 11) is 1.30. The van der Waals surface area contributed by atoms with Crippen LogP contribution in [0.15, 0.2) is 18.2 Å². The van der Waals surface area contributed by atoms with Crippen LogP contribution in [-0.2, 0) is 22.4 Å². The molecule has 0 spiro atoms. The minimum Gasteiger partial charge on any atom is -0.468 e. The van der Waals surface area contributed by atoms with E-state index in [0.717, 1.165) is 23.7 Å². The fraction of sp³-hybridized carbons (Fsp3) is 0.375. The molecule has 0 saturated carbocycles. The third kappa shape index (κ3) is 2.63. The van der Waals surface area contributed by atoms with Crippen LogP contribution in [0, 0.1) is 0 Å². The minimum absolute atomic E-state index is 0.112. The van der Waals surface area contributed by atoms with Gasteiger partial charge in [-0.15, -0.1) is 0 Å². The van der Waals surface area contributed by atoms with Crippen LogP contribution < -0.4 is 5.32 Å². The largest absolute Gasteiger partial charge is 0.468 e. The van der Waals surface area contributed by atoms with E-state index >= 15 is 0 Å². The van der Waals surface area contributed by atoms with E-state index in [4.69, 9.17) is 0 Å². The van der Waals surface area contributed by atoms with Crippen LogP contribution in [0.2, 0.25) is 0 Å². The molecule has 21 heavy (non-hydrogen) atoms. The Labute approximate surface area is 122 Å². The fourth-order valence-electron chi connectivity index (χ4n) is 2.87. The molecule has 0 saturated heterocycles. The van der Waals surface area contributed by atoms with Gasteiger partial charge >= 0.3 is 5.97 Å². The van der Waals surface area contributed by atoms with Gasteiger partial charge in [0.2, 0.25) is 0 Å². The fourth-order valence-corrected chi connectivity index (χ4v) is 2.87. The summed E-state index contributed by atoms with van der Waals surface area (Å²) in [5.74, 6) is -0.712. The highest BCUT2D eigenvalue weighted by molar-refractivity contribution is 6.00. The molecule has 110 valence electrons. The number of rotatable bonds is 3. The van der Waals surface area contributed by atoms with Crippen molar-refractivity contribution >= 4 is 22.8 Å². The second kappa shape index (κ2) is 5.60. The molecule has 1 amide bonds. The second-order valence-electron chi connectivity index (χ2n) is 5.31. The van der Waals surface area contributed by atoms with Crippen molar-refractivity contribution in [1.82, 2.24) is 10.3 Å². The van der Waals surface area contributed by atoms with E-state index in [9.17, 15) is 9.59 Å². The molecule has 1 aliphatic carbocycles. The quantitative estimate of drug-likeness (QED) is 0.847. The molecule has 2 aromatic rings. The van der Waals surface area contributed by atoms with Crippen molar-refractivity contribution in [2.24, 2.45) is 0 Å². The summed E-state index contributed by atoms with van der Waals surface area (Å²) in [5.41, 5.74) is 4.27. The average molecular weight is 286 g/mol. The molecule has 1 heterocycles. The van der Waals surface area contributed by atoms with Gasteiger partial charge in [-0.1, -0.05) is 0 Å². The number of amides is 1. The zero-order valence-corrected chi connectivity index (χ0v) is 12.0. The number of hydrogen-bond donors (Lipinski definition) is 2. The summed E-state index contributed by atoms with van der Waals surface area (Å²) in [6.45, 7) is -0.112. The van der Waals surface area contributed by atoms with E-state index in [1.54, 1.807) is 6.07 Å². The maximum atomic E-state index is 12.1. The monoisotopic (exact) mass is 286 g/mol. The Balaban J connectivity index is 1.86. The van der Waals surface area contributed by atoms with E-state index in [0.29, 0.717) is 5.56 Å². The van der Waals surface area contributed by atoms with Crippen molar-refractivity contribution in [3.05, 3.63) is 35.0 Å². The van der Waals surface area contributed by atoms with Crippen molar-refractivity contribution in [1.29, 1.82) is 0 Å². The van der Waals surface area contributed by atoms with Gasteiger partial charge in [-0.25, -0.2) is 0 Å². The molecule has 0 bridgehead atoms. The zero-order chi connectivity index (χ0) is 14.8. The number of hydrogen-bond acceptors (Lipinski definition) is 3. The Morgan fingerprint density at radius 3 is 2.90 bits per heavy atom. The molecule has 5 nitrogen and oxygen atoms in total. The number of aromatic amines is 1. The molecule has 0 fully saturated rings. The van der Waals surface area contributed by atoms with Gasteiger partial charge in [-0.05, 0) is 49.4 Å². The molecular weight excluding hydrogens is 268 g/mol. The third-order valence-electron chi connectivity index (χ3n) is 3.98. The van der Waals surface area contributed by atoms with Crippen LogP contribution in [0.25, 0.3) is 10.9 Å². The predicted octanol–water partition coefficient (Wildman–Crippen LogP) is 1.95. The van der Waals surface area contributed by atoms with Gasteiger partial charge in [0, 0.05) is 22.2 Å². The molecule has 1 aliphatic rings. The Bertz CT molecular complexity index is 703. The summed E-state index contributed by atoms with van der Waals surface area (Å²) in [6.07, 6.45) is 4.54. The smallest absolute Gasteiger partial charge is 0.325 e. The summed E-state index contributed by atoms with van der Waals surface area (Å²) in [6, 6.07) is 5.61. The number of benzene rings is 1. The maximum Gasteiger partial charge on any atom is 0.325 e. The molecule has 1 aromatic heterocycles. The maximum absolute atomic E-state index is 12.1. The number of aromatic nitrogens is 1. The summed E-state index contributed by atoms with van der Waals surface area (Å²) < 4.78 is 4.51. The lowest BCUT2D eigenvalue weighted by Gasteiger charge is -2.10. The first-order valence-corrected chi connectivity index (χ1v) is 7.17. The summed E-state index contributed by atoms with van der Waals surface area (Å²) in [5, 5.41) is 3.68. The molecule has 5 heteroatoms. The van der Waals surface area contributed by atoms with Crippen molar-refractivity contribution < 1.29 is 14.3 Å². The number of nitrogens with one attached hydrogen (secondary N) is 2. The Morgan fingerprint density at radius 1 is 1.29 bits per heavy atom. The average Bonchev–Trinajstić information content (AvgIpc) is 2.90. The number of aryl methyl sites for hydroxylation is 2. The highest BCUT2D eigenvalue weighted by Crippen LogP contribution is 2.29. The number of ether oxygens (including phenoxy) is 1. The van der Waals surface area contributed by atoms with E-state index < -0.39 is 5.97 Å². The Hall–Kier alpha value is -2.30. The number of esters is 1. The number of H-pyrrole nitrogens is 1. The molecule has 0 aliphatic heterocycles. The van der Waals surface area contributed by atoms with Gasteiger partial charge in [-0.3, -0.25) is 9.59 Å². The Morgan fingerprint density at radius 2 is 2.10 bits per heavy atom. The van der Waals surface area contributed by atoms with Crippen molar-refractivity contribution in [2.75, 3.05) is 13.7 Å². The van der Waals surface area contributed by atoms with E-state index in [2.05, 4.69) is 15.0 Å².